The van der Waals surface area contributed by atoms with E-state index in [9.17, 15) is 4.79 Å². The van der Waals surface area contributed by atoms with Gasteiger partial charge in [-0.3, -0.25) is 9.79 Å². The van der Waals surface area contributed by atoms with E-state index in [1.807, 2.05) is 42.5 Å². The van der Waals surface area contributed by atoms with Gasteiger partial charge in [-0.15, -0.1) is 0 Å². The van der Waals surface area contributed by atoms with Crippen LogP contribution in [0.3, 0.4) is 0 Å². The topological polar surface area (TPSA) is 83.0 Å². The van der Waals surface area contributed by atoms with E-state index >= 15 is 0 Å². The van der Waals surface area contributed by atoms with E-state index in [2.05, 4.69) is 22.8 Å². The number of anilines is 2. The molecule has 0 saturated carbocycles. The molecule has 2 aliphatic rings. The van der Waals surface area contributed by atoms with E-state index in [0.717, 1.165) is 17.0 Å². The second-order valence-electron chi connectivity index (χ2n) is 7.12. The molecule has 2 aromatic carbocycles. The number of nitrogens with one attached hydrogen (secondary N) is 2. The van der Waals surface area contributed by atoms with Gasteiger partial charge in [0, 0.05) is 17.2 Å². The monoisotopic (exact) mass is 431 g/mol. The molecule has 156 valence electrons. The molecule has 1 aliphatic heterocycles. The van der Waals surface area contributed by atoms with Gasteiger partial charge in [0.2, 0.25) is 0 Å². The quantitative estimate of drug-likeness (QED) is 0.577. The lowest BCUT2D eigenvalue weighted by Gasteiger charge is -2.15. The number of ether oxygens (including phenoxy) is 1. The average molecular weight is 432 g/mol. The zero-order chi connectivity index (χ0) is 21.8. The van der Waals surface area contributed by atoms with Gasteiger partial charge in [0.15, 0.2) is 5.11 Å². The van der Waals surface area contributed by atoms with Crippen molar-refractivity contribution < 1.29 is 14.6 Å². The number of hydrogen-bond acceptors (Lipinski definition) is 4. The Hall–Kier alpha value is -3.71. The van der Waals surface area contributed by atoms with Crippen LogP contribution in [-0.4, -0.2) is 29.0 Å². The summed E-state index contributed by atoms with van der Waals surface area (Å²) in [5, 5.41) is 15.6. The summed E-state index contributed by atoms with van der Waals surface area (Å²) >= 11 is 5.46. The van der Waals surface area contributed by atoms with Gasteiger partial charge in [0.05, 0.1) is 30.6 Å². The van der Waals surface area contributed by atoms with Crippen LogP contribution >= 0.6 is 12.2 Å². The number of carboxylic acids is 1. The number of carbonyl (C=O) groups is 1. The molecule has 2 aromatic rings. The number of carboxylic acid groups (broad SMARTS) is 1. The van der Waals surface area contributed by atoms with Crippen LogP contribution in [0.1, 0.15) is 11.1 Å². The van der Waals surface area contributed by atoms with Gasteiger partial charge in [-0.05, 0) is 60.3 Å². The first-order valence-electron chi connectivity index (χ1n) is 9.74. The summed E-state index contributed by atoms with van der Waals surface area (Å²) in [5.74, 6) is -0.0228. The van der Waals surface area contributed by atoms with Gasteiger partial charge in [0.1, 0.15) is 5.75 Å². The van der Waals surface area contributed by atoms with E-state index in [1.54, 1.807) is 25.3 Å². The number of allylic oxidation sites excluding steroid dienone is 5. The highest BCUT2D eigenvalue weighted by atomic mass is 32.1. The molecule has 4 rings (SSSR count). The first-order chi connectivity index (χ1) is 15.0. The van der Waals surface area contributed by atoms with Crippen molar-refractivity contribution in [2.45, 2.75) is 6.42 Å². The van der Waals surface area contributed by atoms with Gasteiger partial charge in [-0.1, -0.05) is 30.4 Å². The number of aliphatic imine (C=N–C) groups is 1. The molecule has 7 heteroatoms. The van der Waals surface area contributed by atoms with Crippen LogP contribution in [0.2, 0.25) is 0 Å². The molecule has 31 heavy (non-hydrogen) atoms. The van der Waals surface area contributed by atoms with Crippen molar-refractivity contribution in [2.75, 3.05) is 17.7 Å². The maximum absolute atomic E-state index is 10.9. The molecule has 1 atom stereocenters. The summed E-state index contributed by atoms with van der Waals surface area (Å²) in [4.78, 5) is 15.7. The molecular formula is C24H21N3O3S. The molecule has 0 fully saturated rings. The number of thiocarbonyl (C=S) groups is 1. The van der Waals surface area contributed by atoms with Crippen LogP contribution in [0.25, 0.3) is 5.70 Å². The van der Waals surface area contributed by atoms with E-state index < -0.39 is 5.97 Å². The predicted octanol–water partition coefficient (Wildman–Crippen LogP) is 4.67. The normalized spacial score (nSPS) is 16.2. The zero-order valence-electron chi connectivity index (χ0n) is 16.8. The van der Waals surface area contributed by atoms with Crippen molar-refractivity contribution in [1.82, 2.24) is 0 Å². The Bertz CT molecular complexity index is 1160. The molecule has 1 unspecified atom stereocenters. The lowest BCUT2D eigenvalue weighted by atomic mass is 9.99. The summed E-state index contributed by atoms with van der Waals surface area (Å²) in [5.41, 5.74) is 5.00. The minimum Gasteiger partial charge on any atom is -0.495 e. The van der Waals surface area contributed by atoms with Crippen LogP contribution in [0.15, 0.2) is 77.8 Å². The first-order valence-corrected chi connectivity index (χ1v) is 10.1. The maximum atomic E-state index is 10.9. The number of rotatable bonds is 6. The molecule has 0 saturated heterocycles. The largest absolute Gasteiger partial charge is 0.495 e. The Labute approximate surface area is 185 Å². The number of nitrogens with zero attached hydrogens (tertiary/aromatic N) is 1. The smallest absolute Gasteiger partial charge is 0.307 e. The third kappa shape index (κ3) is 4.90. The Morgan fingerprint density at radius 3 is 2.84 bits per heavy atom. The number of aliphatic carboxylic acids is 1. The molecule has 6 nitrogen and oxygen atoms in total. The van der Waals surface area contributed by atoms with Gasteiger partial charge >= 0.3 is 5.97 Å². The number of hydrogen-bond donors (Lipinski definition) is 3. The zero-order valence-corrected chi connectivity index (χ0v) is 17.6. The molecule has 0 aromatic heterocycles. The van der Waals surface area contributed by atoms with Crippen molar-refractivity contribution in [3.63, 3.8) is 0 Å². The highest BCUT2D eigenvalue weighted by Crippen LogP contribution is 2.33. The second kappa shape index (κ2) is 8.97. The van der Waals surface area contributed by atoms with Crippen molar-refractivity contribution >= 4 is 46.1 Å². The molecule has 1 aliphatic carbocycles. The SMILES string of the molecule is COc1ccc(C2=CC3C=CC=CC3=N2)cc1NC(=S)Nc1cccc(CC(=O)O)c1. The summed E-state index contributed by atoms with van der Waals surface area (Å²) in [6.45, 7) is 0. The molecule has 3 N–H and O–H groups in total. The average Bonchev–Trinajstić information content (AvgIpc) is 3.18. The van der Waals surface area contributed by atoms with Crippen molar-refractivity contribution in [2.24, 2.45) is 10.9 Å². The Morgan fingerprint density at radius 1 is 1.19 bits per heavy atom. The molecule has 0 amide bonds. The number of methoxy groups -OCH3 is 1. The molecular weight excluding hydrogens is 410 g/mol. The predicted molar refractivity (Wildman–Crippen MR) is 128 cm³/mol. The summed E-state index contributed by atoms with van der Waals surface area (Å²) in [6.07, 6.45) is 10.2. The molecule has 0 radical (unpaired) electrons. The first kappa shape index (κ1) is 20.6. The van der Waals surface area contributed by atoms with E-state index in [1.165, 1.54) is 0 Å². The Balaban J connectivity index is 1.51. The lowest BCUT2D eigenvalue weighted by molar-refractivity contribution is -0.136. The maximum Gasteiger partial charge on any atom is 0.307 e. The highest BCUT2D eigenvalue weighted by molar-refractivity contribution is 7.80. The minimum absolute atomic E-state index is 0.0471. The minimum atomic E-state index is -0.880. The van der Waals surface area contributed by atoms with E-state index in [4.69, 9.17) is 27.1 Å². The Morgan fingerprint density at radius 2 is 2.06 bits per heavy atom. The molecule has 0 spiro atoms. The number of benzene rings is 2. The van der Waals surface area contributed by atoms with E-state index in [-0.39, 0.29) is 12.3 Å². The van der Waals surface area contributed by atoms with Crippen LogP contribution in [0, 0.1) is 5.92 Å². The highest BCUT2D eigenvalue weighted by Gasteiger charge is 2.20. The second-order valence-corrected chi connectivity index (χ2v) is 7.53. The lowest BCUT2D eigenvalue weighted by Crippen LogP contribution is -2.19. The molecule has 1 heterocycles. The summed E-state index contributed by atoms with van der Waals surface area (Å²) in [6, 6.07) is 12.9. The standard InChI is InChI=1S/C24H21N3O3S/c1-30-22-10-9-17(20-13-16-6-2-3-8-19(16)26-20)14-21(22)27-24(31)25-18-7-4-5-15(11-18)12-23(28)29/h2-11,13-14,16H,12H2,1H3,(H,28,29)(H2,25,27,31). The third-order valence-corrected chi connectivity index (χ3v) is 5.11. The van der Waals surface area contributed by atoms with Crippen LogP contribution in [0.4, 0.5) is 11.4 Å². The fourth-order valence-corrected chi connectivity index (χ4v) is 3.72. The fourth-order valence-electron chi connectivity index (χ4n) is 3.49. The van der Waals surface area contributed by atoms with Crippen molar-refractivity contribution in [3.8, 4) is 5.75 Å². The van der Waals surface area contributed by atoms with Gasteiger partial charge < -0.3 is 20.5 Å². The number of fused-ring (bicyclic) bond motifs is 1. The van der Waals surface area contributed by atoms with Crippen molar-refractivity contribution in [1.29, 1.82) is 0 Å². The van der Waals surface area contributed by atoms with Crippen LogP contribution in [0.5, 0.6) is 5.75 Å². The molecule has 0 bridgehead atoms. The van der Waals surface area contributed by atoms with Crippen molar-refractivity contribution in [3.05, 3.63) is 84.0 Å². The Kier molecular flexibility index (Phi) is 5.95. The summed E-state index contributed by atoms with van der Waals surface area (Å²) < 4.78 is 5.48. The van der Waals surface area contributed by atoms with Gasteiger partial charge in [-0.2, -0.15) is 0 Å². The summed E-state index contributed by atoms with van der Waals surface area (Å²) in [7, 11) is 1.60. The fraction of sp³-hybridized carbons (Fsp3) is 0.125. The van der Waals surface area contributed by atoms with Crippen LogP contribution < -0.4 is 15.4 Å². The third-order valence-electron chi connectivity index (χ3n) is 4.91. The van der Waals surface area contributed by atoms with E-state index in [0.29, 0.717) is 27.8 Å². The van der Waals surface area contributed by atoms with Gasteiger partial charge in [0.25, 0.3) is 0 Å². The van der Waals surface area contributed by atoms with Crippen LogP contribution in [-0.2, 0) is 11.2 Å². The van der Waals surface area contributed by atoms with Gasteiger partial charge in [-0.25, -0.2) is 0 Å².